The number of nitrogens with zero attached hydrogens (tertiary/aromatic N) is 3. The number of amides is 1. The van der Waals surface area contributed by atoms with E-state index in [1.165, 1.54) is 19.2 Å². The van der Waals surface area contributed by atoms with Crippen molar-refractivity contribution in [3.8, 4) is 11.5 Å². The zero-order valence-electron chi connectivity index (χ0n) is 23.7. The van der Waals surface area contributed by atoms with Gasteiger partial charge in [-0.25, -0.2) is 9.40 Å². The normalized spacial score (nSPS) is 21.7. The molecule has 0 spiro atoms. The van der Waals surface area contributed by atoms with Crippen molar-refractivity contribution in [1.82, 2.24) is 10.3 Å². The van der Waals surface area contributed by atoms with E-state index in [0.29, 0.717) is 55.3 Å². The molecule has 1 atom stereocenters. The van der Waals surface area contributed by atoms with Crippen molar-refractivity contribution < 1.29 is 23.4 Å². The minimum Gasteiger partial charge on any atom is -0.494 e. The van der Waals surface area contributed by atoms with Gasteiger partial charge in [-0.05, 0) is 61.9 Å². The lowest BCUT2D eigenvalue weighted by Gasteiger charge is -2.31. The highest BCUT2D eigenvalue weighted by Crippen LogP contribution is 2.35. The van der Waals surface area contributed by atoms with E-state index in [1.807, 2.05) is 30.1 Å². The second-order valence-corrected chi connectivity index (χ2v) is 11.2. The molecule has 1 unspecified atom stereocenters. The number of nitrogens with one attached hydrogen (secondary N) is 1. The van der Waals surface area contributed by atoms with Gasteiger partial charge in [0.05, 0.1) is 43.9 Å². The SMILES string of the molecule is COc1ccc(OC2=NN3C(=CCC(C)C=C3c3ccc(C(=O)NC4CC4)c(C)c3)C(=NCC3COC3)C2)cc1F. The first-order valence-electron chi connectivity index (χ1n) is 14.2. The van der Waals surface area contributed by atoms with Crippen LogP contribution >= 0.6 is 0 Å². The number of allylic oxidation sites excluding steroid dienone is 3. The molecule has 214 valence electrons. The van der Waals surface area contributed by atoms with Crippen molar-refractivity contribution >= 4 is 23.2 Å². The fourth-order valence-electron chi connectivity index (χ4n) is 5.11. The highest BCUT2D eigenvalue weighted by Gasteiger charge is 2.31. The molecule has 2 fully saturated rings. The van der Waals surface area contributed by atoms with Crippen molar-refractivity contribution in [2.24, 2.45) is 21.9 Å². The molecule has 8 nitrogen and oxygen atoms in total. The predicted octanol–water partition coefficient (Wildman–Crippen LogP) is 5.49. The van der Waals surface area contributed by atoms with Crippen LogP contribution in [-0.2, 0) is 4.74 Å². The minimum atomic E-state index is -0.508. The maximum absolute atomic E-state index is 14.4. The Labute approximate surface area is 239 Å². The van der Waals surface area contributed by atoms with E-state index in [4.69, 9.17) is 24.3 Å². The number of methoxy groups -OCH3 is 1. The summed E-state index contributed by atoms with van der Waals surface area (Å²) in [6, 6.07) is 10.7. The van der Waals surface area contributed by atoms with E-state index >= 15 is 0 Å². The minimum absolute atomic E-state index is 0.0341. The highest BCUT2D eigenvalue weighted by atomic mass is 19.1. The van der Waals surface area contributed by atoms with Crippen LogP contribution in [0, 0.1) is 24.6 Å². The van der Waals surface area contributed by atoms with E-state index < -0.39 is 5.82 Å². The second kappa shape index (κ2) is 11.5. The number of halogens is 1. The topological polar surface area (TPSA) is 84.8 Å². The van der Waals surface area contributed by atoms with Gasteiger partial charge in [0.25, 0.3) is 5.91 Å². The molecular weight excluding hydrogens is 523 g/mol. The molecule has 4 aliphatic rings. The Kier molecular flexibility index (Phi) is 7.62. The highest BCUT2D eigenvalue weighted by molar-refractivity contribution is 6.13. The first-order valence-corrected chi connectivity index (χ1v) is 14.2. The summed E-state index contributed by atoms with van der Waals surface area (Å²) >= 11 is 0. The molecule has 0 bridgehead atoms. The molecule has 6 rings (SSSR count). The quantitative estimate of drug-likeness (QED) is 0.486. The molecule has 3 aliphatic heterocycles. The number of rotatable bonds is 7. The summed E-state index contributed by atoms with van der Waals surface area (Å²) in [6.07, 6.45) is 7.67. The van der Waals surface area contributed by atoms with Crippen LogP contribution in [0.2, 0.25) is 0 Å². The number of hydrogen-bond acceptors (Lipinski definition) is 7. The van der Waals surface area contributed by atoms with Gasteiger partial charge in [-0.2, -0.15) is 0 Å². The fraction of sp³-hybridized carbons (Fsp3) is 0.406. The Morgan fingerprint density at radius 1 is 1.20 bits per heavy atom. The fourth-order valence-corrected chi connectivity index (χ4v) is 5.11. The van der Waals surface area contributed by atoms with Gasteiger partial charge < -0.3 is 19.5 Å². The van der Waals surface area contributed by atoms with Crippen LogP contribution in [0.25, 0.3) is 5.70 Å². The predicted molar refractivity (Wildman–Crippen MR) is 156 cm³/mol. The number of hydrazone groups is 1. The number of benzene rings is 2. The van der Waals surface area contributed by atoms with Crippen LogP contribution in [0.15, 0.2) is 64.3 Å². The number of aryl methyl sites for hydroxylation is 1. The zero-order valence-corrected chi connectivity index (χ0v) is 23.7. The molecule has 0 aromatic heterocycles. The third-order valence-corrected chi connectivity index (χ3v) is 7.69. The van der Waals surface area contributed by atoms with E-state index in [-0.39, 0.29) is 17.6 Å². The molecule has 2 aromatic rings. The van der Waals surface area contributed by atoms with Crippen LogP contribution in [0.3, 0.4) is 0 Å². The Morgan fingerprint density at radius 2 is 2.02 bits per heavy atom. The van der Waals surface area contributed by atoms with Crippen LogP contribution in [0.1, 0.15) is 54.1 Å². The molecule has 3 heterocycles. The number of fused-ring (bicyclic) bond motifs is 1. The van der Waals surface area contributed by atoms with Crippen LogP contribution < -0.4 is 14.8 Å². The molecule has 41 heavy (non-hydrogen) atoms. The Bertz CT molecular complexity index is 1470. The molecule has 0 radical (unpaired) electrons. The zero-order chi connectivity index (χ0) is 28.5. The largest absolute Gasteiger partial charge is 0.494 e. The van der Waals surface area contributed by atoms with Crippen LogP contribution in [0.5, 0.6) is 11.5 Å². The molecule has 1 amide bonds. The van der Waals surface area contributed by atoms with Crippen LogP contribution in [0.4, 0.5) is 4.39 Å². The lowest BCUT2D eigenvalue weighted by molar-refractivity contribution is -0.0265. The van der Waals surface area contributed by atoms with E-state index in [9.17, 15) is 9.18 Å². The lowest BCUT2D eigenvalue weighted by atomic mass is 10.00. The summed E-state index contributed by atoms with van der Waals surface area (Å²) < 4.78 is 31.0. The van der Waals surface area contributed by atoms with Gasteiger partial charge in [0.15, 0.2) is 11.6 Å². The molecule has 1 N–H and O–H groups in total. The van der Waals surface area contributed by atoms with Crippen molar-refractivity contribution in [3.05, 3.63) is 76.8 Å². The molecule has 1 saturated carbocycles. The van der Waals surface area contributed by atoms with E-state index in [0.717, 1.165) is 47.5 Å². The maximum atomic E-state index is 14.4. The summed E-state index contributed by atoms with van der Waals surface area (Å²) in [4.78, 5) is 17.8. The molecule has 1 saturated heterocycles. The molecule has 1 aliphatic carbocycles. The average Bonchev–Trinajstić information content (AvgIpc) is 3.75. The van der Waals surface area contributed by atoms with Gasteiger partial charge in [0.1, 0.15) is 5.75 Å². The van der Waals surface area contributed by atoms with Crippen molar-refractivity contribution in [2.45, 2.75) is 45.6 Å². The third-order valence-electron chi connectivity index (χ3n) is 7.69. The average molecular weight is 559 g/mol. The smallest absolute Gasteiger partial charge is 0.251 e. The van der Waals surface area contributed by atoms with Gasteiger partial charge in [-0.1, -0.05) is 25.1 Å². The van der Waals surface area contributed by atoms with E-state index in [2.05, 4.69) is 24.4 Å². The van der Waals surface area contributed by atoms with Gasteiger partial charge in [-0.15, -0.1) is 5.10 Å². The summed E-state index contributed by atoms with van der Waals surface area (Å²) in [5, 5.41) is 9.89. The van der Waals surface area contributed by atoms with Gasteiger partial charge in [-0.3, -0.25) is 9.79 Å². The first kappa shape index (κ1) is 27.2. The Hall–Kier alpha value is -3.98. The number of carbonyl (C=O) groups is 1. The number of carbonyl (C=O) groups excluding carboxylic acids is 1. The number of aliphatic imine (C=N–C) groups is 1. The summed E-state index contributed by atoms with van der Waals surface area (Å²) in [7, 11) is 1.43. The second-order valence-electron chi connectivity index (χ2n) is 11.2. The Morgan fingerprint density at radius 3 is 2.71 bits per heavy atom. The summed E-state index contributed by atoms with van der Waals surface area (Å²) in [6.45, 7) is 6.21. The lowest BCUT2D eigenvalue weighted by Crippen LogP contribution is -2.34. The summed E-state index contributed by atoms with van der Waals surface area (Å²) in [5.41, 5.74) is 5.19. The van der Waals surface area contributed by atoms with Gasteiger partial charge >= 0.3 is 0 Å². The standard InChI is InChI=1S/C32H35FN4O4/c1-19-4-10-28-27(34-16-21-17-40-18-21)15-31(41-24-8-11-30(39-3)26(33)14-24)36-37(28)29(12-19)22-5-9-25(20(2)13-22)32(38)35-23-6-7-23/h5,8-14,19,21,23H,4,6-7,15-18H2,1-3H3,(H,35,38). The molecule has 9 heteroatoms. The van der Waals surface area contributed by atoms with E-state index in [1.54, 1.807) is 6.07 Å². The summed E-state index contributed by atoms with van der Waals surface area (Å²) in [5.74, 6) is 0.989. The van der Waals surface area contributed by atoms with Gasteiger partial charge in [0, 0.05) is 35.7 Å². The molecule has 2 aromatic carbocycles. The number of ether oxygens (including phenoxy) is 3. The third kappa shape index (κ3) is 6.05. The maximum Gasteiger partial charge on any atom is 0.251 e. The monoisotopic (exact) mass is 558 g/mol. The van der Waals surface area contributed by atoms with Crippen LogP contribution in [-0.4, -0.2) is 55.4 Å². The first-order chi connectivity index (χ1) is 19.9. The Balaban J connectivity index is 1.36. The van der Waals surface area contributed by atoms with Crippen molar-refractivity contribution in [2.75, 3.05) is 26.9 Å². The van der Waals surface area contributed by atoms with Crippen molar-refractivity contribution in [1.29, 1.82) is 0 Å². The number of hydrogen-bond donors (Lipinski definition) is 1. The van der Waals surface area contributed by atoms with Gasteiger partial charge in [0.2, 0.25) is 5.90 Å². The van der Waals surface area contributed by atoms with Crippen molar-refractivity contribution in [3.63, 3.8) is 0 Å². The molecular formula is C32H35FN4O4.